The monoisotopic (exact) mass is 530 g/mol. The van der Waals surface area contributed by atoms with Gasteiger partial charge in [-0.25, -0.2) is 0 Å². The molecule has 6 rings (SSSR count). The van der Waals surface area contributed by atoms with Gasteiger partial charge in [0, 0.05) is 18.1 Å². The zero-order chi connectivity index (χ0) is 35.9. The molecule has 1 aromatic heterocycles. The number of aromatic nitrogens is 2. The summed E-state index contributed by atoms with van der Waals surface area (Å²) in [6.45, 7) is 12.1. The summed E-state index contributed by atoms with van der Waals surface area (Å²) in [6, 6.07) is 16.0. The Balaban J connectivity index is 1.86. The van der Waals surface area contributed by atoms with Crippen LogP contribution in [0.4, 0.5) is 0 Å². The van der Waals surface area contributed by atoms with Crippen LogP contribution in [0.25, 0.3) is 44.7 Å². The highest BCUT2D eigenvalue weighted by molar-refractivity contribution is 5.85. The molecule has 0 aliphatic heterocycles. The van der Waals surface area contributed by atoms with Crippen molar-refractivity contribution in [1.82, 2.24) is 4.57 Å². The molecule has 0 saturated heterocycles. The summed E-state index contributed by atoms with van der Waals surface area (Å²) in [5, 5.41) is 0. The Kier molecular flexibility index (Phi) is 4.30. The van der Waals surface area contributed by atoms with Crippen LogP contribution in [0.5, 0.6) is 0 Å². The summed E-state index contributed by atoms with van der Waals surface area (Å²) in [5.74, 6) is 0.731. The van der Waals surface area contributed by atoms with Gasteiger partial charge in [0.2, 0.25) is 0 Å². The Hall–Kier alpha value is -4.43. The van der Waals surface area contributed by atoms with Gasteiger partial charge in [-0.2, -0.15) is 9.13 Å². The second-order valence-electron chi connectivity index (χ2n) is 11.1. The lowest BCUT2D eigenvalue weighted by Crippen LogP contribution is -2.35. The molecule has 40 heavy (non-hydrogen) atoms. The fourth-order valence-electron chi connectivity index (χ4n) is 5.70. The molecule has 5 aromatic carbocycles. The summed E-state index contributed by atoms with van der Waals surface area (Å²) >= 11 is 0. The largest absolute Gasteiger partial charge is 0.264 e. The fourth-order valence-corrected chi connectivity index (χ4v) is 5.70. The predicted octanol–water partition coefficient (Wildman–Crippen LogP) is 9.46. The average molecular weight is 531 g/mol. The maximum atomic E-state index is 9.10. The van der Waals surface area contributed by atoms with Crippen molar-refractivity contribution in [3.8, 4) is 33.6 Å². The van der Waals surface area contributed by atoms with E-state index < -0.39 is 18.1 Å². The summed E-state index contributed by atoms with van der Waals surface area (Å²) in [5.41, 5.74) is 6.12. The van der Waals surface area contributed by atoms with Crippen LogP contribution in [0.3, 0.4) is 0 Å². The van der Waals surface area contributed by atoms with E-state index in [1.54, 1.807) is 25.1 Å². The molecule has 0 fully saturated rings. The second kappa shape index (κ2) is 9.95. The molecule has 198 valence electrons. The maximum Gasteiger partial charge on any atom is 0.264 e. The van der Waals surface area contributed by atoms with E-state index in [4.69, 9.17) is 12.3 Å². The lowest BCUT2D eigenvalue weighted by Gasteiger charge is -2.22. The second-order valence-corrected chi connectivity index (χ2v) is 11.1. The zero-order valence-electron chi connectivity index (χ0n) is 32.7. The van der Waals surface area contributed by atoms with Crippen LogP contribution in [0.2, 0.25) is 0 Å². The van der Waals surface area contributed by atoms with Gasteiger partial charge in [0.15, 0.2) is 11.0 Å². The molecular formula is C38H37N2+. The van der Waals surface area contributed by atoms with Crippen LogP contribution < -0.4 is 4.57 Å². The Bertz CT molecular complexity index is 2200. The third-order valence-corrected chi connectivity index (χ3v) is 7.41. The highest BCUT2D eigenvalue weighted by Gasteiger charge is 2.30. The lowest BCUT2D eigenvalue weighted by atomic mass is 9.83. The minimum absolute atomic E-state index is 0.0181. The number of benzene rings is 5. The molecule has 1 heterocycles. The quantitative estimate of drug-likeness (QED) is 0.201. The number of hydrogen-bond donors (Lipinski definition) is 0. The molecular weight excluding hydrogens is 484 g/mol. The van der Waals surface area contributed by atoms with Crippen molar-refractivity contribution < 1.29 is 16.9 Å². The number of rotatable bonds is 4. The predicted molar refractivity (Wildman–Crippen MR) is 169 cm³/mol. The van der Waals surface area contributed by atoms with E-state index in [0.717, 1.165) is 28.1 Å². The highest BCUT2D eigenvalue weighted by atomic mass is 15.2. The Morgan fingerprint density at radius 2 is 1.38 bits per heavy atom. The van der Waals surface area contributed by atoms with Gasteiger partial charge >= 0.3 is 0 Å². The SMILES string of the molecule is [2H]c1c([2H])c([2H])c(-c2cccc(-c3c([2H])c([2H])c([2H])c(C)c3[2H])c2-[n+]2c(C)n(-c3cccc(C(C)(C)C)c3C)c3ccccc32)c([2H])c1[2H]. The minimum Gasteiger partial charge on any atom is -0.192 e. The number of para-hydroxylation sites is 3. The molecule has 0 amide bonds. The van der Waals surface area contributed by atoms with Crippen LogP contribution in [-0.2, 0) is 5.41 Å². The van der Waals surface area contributed by atoms with E-state index in [1.165, 1.54) is 5.56 Å². The van der Waals surface area contributed by atoms with Crippen LogP contribution in [0.15, 0.2) is 115 Å². The fraction of sp³-hybridized carbons (Fsp3) is 0.184. The Morgan fingerprint density at radius 3 is 2.12 bits per heavy atom. The minimum atomic E-state index is -0.506. The molecule has 6 aromatic rings. The first-order valence-electron chi connectivity index (χ1n) is 17.9. The Morgan fingerprint density at radius 1 is 0.700 bits per heavy atom. The highest BCUT2D eigenvalue weighted by Crippen LogP contribution is 2.36. The molecule has 0 aliphatic carbocycles. The van der Waals surface area contributed by atoms with Gasteiger partial charge in [0.25, 0.3) is 5.82 Å². The van der Waals surface area contributed by atoms with E-state index in [2.05, 4.69) is 44.4 Å². The zero-order valence-corrected chi connectivity index (χ0v) is 23.7. The molecule has 0 bridgehead atoms. The number of hydrogen-bond acceptors (Lipinski definition) is 0. The number of fused-ring (bicyclic) bond motifs is 1. The molecule has 0 unspecified atom stereocenters. The standard InChI is InChI=1S/C38H37N2/c1-26-15-12-18-30(25-26)32-20-13-19-31(29-16-8-7-9-17-29)37(32)40-28(3)39(35-22-10-11-23-36(35)40)34-24-14-21-33(27(34)2)38(4,5)6/h7-25H,1-6H3/q+1/i7D,8D,9D,12D,15D,16D,17D,18D,25D. The summed E-state index contributed by atoms with van der Waals surface area (Å²) in [4.78, 5) is 0. The van der Waals surface area contributed by atoms with Gasteiger partial charge in [-0.15, -0.1) is 0 Å². The van der Waals surface area contributed by atoms with Gasteiger partial charge in [-0.1, -0.05) is 123 Å². The van der Waals surface area contributed by atoms with Crippen molar-refractivity contribution in [2.45, 2.75) is 47.0 Å². The van der Waals surface area contributed by atoms with Crippen LogP contribution in [0.1, 0.15) is 55.6 Å². The van der Waals surface area contributed by atoms with Crippen molar-refractivity contribution in [3.63, 3.8) is 0 Å². The van der Waals surface area contributed by atoms with E-state index in [1.807, 2.05) is 41.8 Å². The molecule has 0 radical (unpaired) electrons. The van der Waals surface area contributed by atoms with E-state index >= 15 is 0 Å². The molecule has 0 atom stereocenters. The van der Waals surface area contributed by atoms with Crippen molar-refractivity contribution in [1.29, 1.82) is 0 Å². The summed E-state index contributed by atoms with van der Waals surface area (Å²) in [6.07, 6.45) is 0. The average Bonchev–Trinajstić information content (AvgIpc) is 3.35. The molecule has 0 aliphatic rings. The number of nitrogens with zero attached hydrogens (tertiary/aromatic N) is 2. The topological polar surface area (TPSA) is 8.81 Å². The molecule has 0 N–H and O–H groups in total. The van der Waals surface area contributed by atoms with Gasteiger partial charge in [-0.05, 0) is 59.7 Å². The molecule has 2 nitrogen and oxygen atoms in total. The van der Waals surface area contributed by atoms with Gasteiger partial charge in [0.1, 0.15) is 11.4 Å². The molecule has 2 heteroatoms. The maximum absolute atomic E-state index is 9.10. The first-order valence-corrected chi connectivity index (χ1v) is 13.4. The van der Waals surface area contributed by atoms with E-state index in [9.17, 15) is 0 Å². The number of imidazole rings is 1. The van der Waals surface area contributed by atoms with E-state index in [-0.39, 0.29) is 58.4 Å². The van der Waals surface area contributed by atoms with Crippen molar-refractivity contribution in [2.75, 3.05) is 0 Å². The third kappa shape index (κ3) is 4.34. The summed E-state index contributed by atoms with van der Waals surface area (Å²) < 4.78 is 82.3. The third-order valence-electron chi connectivity index (χ3n) is 7.41. The van der Waals surface area contributed by atoms with E-state index in [0.29, 0.717) is 16.8 Å². The van der Waals surface area contributed by atoms with Crippen LogP contribution in [-0.4, -0.2) is 4.57 Å². The van der Waals surface area contributed by atoms with Gasteiger partial charge in [0.05, 0.1) is 12.3 Å². The van der Waals surface area contributed by atoms with Crippen LogP contribution >= 0.6 is 0 Å². The lowest BCUT2D eigenvalue weighted by molar-refractivity contribution is -0.574. The first-order chi connectivity index (χ1) is 23.0. The van der Waals surface area contributed by atoms with Gasteiger partial charge in [-0.3, -0.25) is 0 Å². The summed E-state index contributed by atoms with van der Waals surface area (Å²) in [7, 11) is 0. The first kappa shape index (κ1) is 17.3. The smallest absolute Gasteiger partial charge is 0.192 e. The van der Waals surface area contributed by atoms with Crippen molar-refractivity contribution in [2.24, 2.45) is 0 Å². The van der Waals surface area contributed by atoms with Crippen molar-refractivity contribution in [3.05, 3.63) is 138 Å². The van der Waals surface area contributed by atoms with Gasteiger partial charge < -0.3 is 0 Å². The molecule has 0 saturated carbocycles. The van der Waals surface area contributed by atoms with Crippen LogP contribution in [0, 0.1) is 20.8 Å². The normalized spacial score (nSPS) is 14.9. The Labute approximate surface area is 250 Å². The molecule has 0 spiro atoms. The van der Waals surface area contributed by atoms with Crippen molar-refractivity contribution >= 4 is 11.0 Å².